The second-order valence-corrected chi connectivity index (χ2v) is 5.82. The van der Waals surface area contributed by atoms with E-state index in [0.29, 0.717) is 13.0 Å². The largest absolute Gasteiger partial charge is 0.508 e. The van der Waals surface area contributed by atoms with Gasteiger partial charge in [-0.15, -0.1) is 0 Å². The molecule has 0 aliphatic heterocycles. The maximum absolute atomic E-state index is 12.0. The van der Waals surface area contributed by atoms with Gasteiger partial charge in [0, 0.05) is 17.2 Å². The number of benzene rings is 2. The molecule has 122 valence electrons. The van der Waals surface area contributed by atoms with Gasteiger partial charge in [-0.3, -0.25) is 4.79 Å². The first-order valence-electron chi connectivity index (χ1n) is 7.27. The predicted molar refractivity (Wildman–Crippen MR) is 96.3 cm³/mol. The van der Waals surface area contributed by atoms with E-state index < -0.39 is 5.91 Å². The minimum atomic E-state index is -0.434. The molecule has 0 bridgehead atoms. The Bertz CT molecular complexity index is 780. The fourth-order valence-corrected chi connectivity index (χ4v) is 2.35. The number of hydrogen-bond donors (Lipinski definition) is 3. The number of para-hydroxylation sites is 1. The lowest BCUT2D eigenvalue weighted by molar-refractivity contribution is -0.117. The normalized spacial score (nSPS) is 10.8. The third-order valence-corrected chi connectivity index (χ3v) is 3.94. The van der Waals surface area contributed by atoms with Crippen molar-refractivity contribution in [3.05, 3.63) is 70.3 Å². The molecule has 0 aliphatic carbocycles. The van der Waals surface area contributed by atoms with Crippen LogP contribution in [0.1, 0.15) is 5.56 Å². The third-order valence-electron chi connectivity index (χ3n) is 3.25. The number of hydrogen-bond acceptors (Lipinski definition) is 4. The van der Waals surface area contributed by atoms with Gasteiger partial charge in [0.05, 0.1) is 5.69 Å². The Morgan fingerprint density at radius 2 is 1.92 bits per heavy atom. The first kappa shape index (κ1) is 17.6. The van der Waals surface area contributed by atoms with Crippen LogP contribution in [-0.2, 0) is 11.2 Å². The minimum Gasteiger partial charge on any atom is -0.508 e. The lowest BCUT2D eigenvalue weighted by atomic mass is 10.1. The van der Waals surface area contributed by atoms with Crippen LogP contribution in [0, 0.1) is 11.3 Å². The molecule has 0 heterocycles. The number of carbonyl (C=O) groups excluding carboxylic acids is 1. The Hall–Kier alpha value is -2.78. The van der Waals surface area contributed by atoms with Crippen LogP contribution in [0.2, 0.25) is 0 Å². The number of carbonyl (C=O) groups is 1. The Labute approximate surface area is 148 Å². The van der Waals surface area contributed by atoms with Crippen LogP contribution in [0.3, 0.4) is 0 Å². The highest BCUT2D eigenvalue weighted by Crippen LogP contribution is 2.21. The number of nitrogens with one attached hydrogen (secondary N) is 2. The Kier molecular flexibility index (Phi) is 6.41. The molecule has 2 aromatic rings. The van der Waals surface area contributed by atoms with Crippen LogP contribution < -0.4 is 10.6 Å². The molecule has 5 nitrogen and oxygen atoms in total. The summed E-state index contributed by atoms with van der Waals surface area (Å²) in [5, 5.41) is 24.0. The summed E-state index contributed by atoms with van der Waals surface area (Å²) >= 11 is 3.39. The van der Waals surface area contributed by atoms with Crippen molar-refractivity contribution < 1.29 is 9.90 Å². The van der Waals surface area contributed by atoms with Crippen molar-refractivity contribution >= 4 is 27.5 Å². The molecule has 2 rings (SSSR count). The zero-order valence-electron chi connectivity index (χ0n) is 12.8. The summed E-state index contributed by atoms with van der Waals surface area (Å²) in [6.45, 7) is 0.400. The first-order chi connectivity index (χ1) is 11.6. The lowest BCUT2D eigenvalue weighted by Gasteiger charge is -2.06. The number of rotatable bonds is 6. The van der Waals surface area contributed by atoms with Gasteiger partial charge in [0.1, 0.15) is 17.4 Å². The van der Waals surface area contributed by atoms with Gasteiger partial charge in [0.2, 0.25) is 0 Å². The summed E-state index contributed by atoms with van der Waals surface area (Å²) < 4.78 is 0.839. The average molecular weight is 386 g/mol. The van der Waals surface area contributed by atoms with Crippen molar-refractivity contribution in [2.75, 3.05) is 11.9 Å². The maximum atomic E-state index is 12.0. The molecule has 0 unspecified atom stereocenters. The summed E-state index contributed by atoms with van der Waals surface area (Å²) in [6, 6.07) is 16.1. The second kappa shape index (κ2) is 8.75. The quantitative estimate of drug-likeness (QED) is 0.525. The molecule has 0 saturated carbocycles. The number of aromatic hydroxyl groups is 1. The summed E-state index contributed by atoms with van der Waals surface area (Å²) in [5.74, 6) is -0.230. The molecular formula is C18H16BrN3O2. The summed E-state index contributed by atoms with van der Waals surface area (Å²) in [4.78, 5) is 12.0. The Balaban J connectivity index is 1.89. The van der Waals surface area contributed by atoms with Gasteiger partial charge in [-0.2, -0.15) is 5.26 Å². The molecule has 0 saturated heterocycles. The Morgan fingerprint density at radius 3 is 2.58 bits per heavy atom. The standard InChI is InChI=1S/C18H16BrN3O2/c19-16-3-1-2-4-17(16)22-12-14(11-20)18(24)21-10-9-13-5-7-15(23)8-6-13/h1-8,12,22-23H,9-10H2,(H,21,24)/b14-12-. The fraction of sp³-hybridized carbons (Fsp3) is 0.111. The predicted octanol–water partition coefficient (Wildman–Crippen LogP) is 3.33. The molecule has 6 heteroatoms. The molecule has 2 aromatic carbocycles. The van der Waals surface area contributed by atoms with Crippen LogP contribution >= 0.6 is 15.9 Å². The first-order valence-corrected chi connectivity index (χ1v) is 8.07. The smallest absolute Gasteiger partial charge is 0.263 e. The second-order valence-electron chi connectivity index (χ2n) is 4.97. The van der Waals surface area contributed by atoms with E-state index in [1.165, 1.54) is 6.20 Å². The number of nitriles is 1. The van der Waals surface area contributed by atoms with Crippen molar-refractivity contribution in [2.45, 2.75) is 6.42 Å². The number of anilines is 1. The zero-order valence-corrected chi connectivity index (χ0v) is 14.4. The molecule has 24 heavy (non-hydrogen) atoms. The van der Waals surface area contributed by atoms with Crippen molar-refractivity contribution in [2.24, 2.45) is 0 Å². The van der Waals surface area contributed by atoms with Crippen molar-refractivity contribution in [3.8, 4) is 11.8 Å². The van der Waals surface area contributed by atoms with Crippen LogP contribution in [-0.4, -0.2) is 17.6 Å². The number of phenolic OH excluding ortho intramolecular Hbond substituents is 1. The van der Waals surface area contributed by atoms with E-state index in [1.807, 2.05) is 30.3 Å². The maximum Gasteiger partial charge on any atom is 0.263 e. The molecule has 0 aromatic heterocycles. The van der Waals surface area contributed by atoms with E-state index in [4.69, 9.17) is 5.26 Å². The fourth-order valence-electron chi connectivity index (χ4n) is 1.95. The lowest BCUT2D eigenvalue weighted by Crippen LogP contribution is -2.27. The van der Waals surface area contributed by atoms with Gasteiger partial charge >= 0.3 is 0 Å². The molecule has 1 amide bonds. The SMILES string of the molecule is N#C/C(=C/Nc1ccccc1Br)C(=O)NCCc1ccc(O)cc1. The Morgan fingerprint density at radius 1 is 1.21 bits per heavy atom. The van der Waals surface area contributed by atoms with Crippen molar-refractivity contribution in [1.29, 1.82) is 5.26 Å². The summed E-state index contributed by atoms with van der Waals surface area (Å²) in [5.41, 5.74) is 1.75. The van der Waals surface area contributed by atoms with Gasteiger partial charge in [-0.05, 0) is 52.2 Å². The summed E-state index contributed by atoms with van der Waals surface area (Å²) in [7, 11) is 0. The highest BCUT2D eigenvalue weighted by atomic mass is 79.9. The van der Waals surface area contributed by atoms with E-state index in [-0.39, 0.29) is 11.3 Å². The monoisotopic (exact) mass is 385 g/mol. The van der Waals surface area contributed by atoms with E-state index >= 15 is 0 Å². The summed E-state index contributed by atoms with van der Waals surface area (Å²) in [6.07, 6.45) is 2.00. The molecule has 0 aliphatic rings. The minimum absolute atomic E-state index is 0.00328. The number of phenols is 1. The van der Waals surface area contributed by atoms with Crippen LogP contribution in [0.25, 0.3) is 0 Å². The average Bonchev–Trinajstić information content (AvgIpc) is 2.59. The third kappa shape index (κ3) is 5.14. The van der Waals surface area contributed by atoms with Gasteiger partial charge in [0.25, 0.3) is 5.91 Å². The number of nitrogens with zero attached hydrogens (tertiary/aromatic N) is 1. The van der Waals surface area contributed by atoms with Gasteiger partial charge < -0.3 is 15.7 Å². The zero-order chi connectivity index (χ0) is 17.4. The topological polar surface area (TPSA) is 85.2 Å². The van der Waals surface area contributed by atoms with Gasteiger partial charge in [0.15, 0.2) is 0 Å². The molecular weight excluding hydrogens is 370 g/mol. The van der Waals surface area contributed by atoms with Crippen LogP contribution in [0.5, 0.6) is 5.75 Å². The van der Waals surface area contributed by atoms with Crippen molar-refractivity contribution in [3.63, 3.8) is 0 Å². The van der Waals surface area contributed by atoms with E-state index in [0.717, 1.165) is 15.7 Å². The molecule has 0 atom stereocenters. The van der Waals surface area contributed by atoms with E-state index in [9.17, 15) is 9.90 Å². The van der Waals surface area contributed by atoms with Crippen molar-refractivity contribution in [1.82, 2.24) is 5.32 Å². The van der Waals surface area contributed by atoms with E-state index in [1.54, 1.807) is 24.3 Å². The molecule has 3 N–H and O–H groups in total. The molecule has 0 fully saturated rings. The molecule has 0 radical (unpaired) electrons. The van der Waals surface area contributed by atoms with E-state index in [2.05, 4.69) is 26.6 Å². The van der Waals surface area contributed by atoms with Gasteiger partial charge in [-0.1, -0.05) is 24.3 Å². The highest BCUT2D eigenvalue weighted by Gasteiger charge is 2.08. The van der Waals surface area contributed by atoms with Gasteiger partial charge in [-0.25, -0.2) is 0 Å². The van der Waals surface area contributed by atoms with Crippen LogP contribution in [0.15, 0.2) is 64.8 Å². The number of amides is 1. The highest BCUT2D eigenvalue weighted by molar-refractivity contribution is 9.10. The number of halogens is 1. The van der Waals surface area contributed by atoms with Crippen LogP contribution in [0.4, 0.5) is 5.69 Å². The molecule has 0 spiro atoms.